The molecule has 23 heavy (non-hydrogen) atoms. The minimum Gasteiger partial charge on any atom is -0.496 e. The van der Waals surface area contributed by atoms with Crippen LogP contribution in [0.25, 0.3) is 0 Å². The van der Waals surface area contributed by atoms with E-state index in [-0.39, 0.29) is 23.6 Å². The molecule has 2 fully saturated rings. The molecule has 0 saturated carbocycles. The fourth-order valence-electron chi connectivity index (χ4n) is 3.39. The molecule has 2 atom stereocenters. The van der Waals surface area contributed by atoms with Crippen LogP contribution in [0, 0.1) is 5.82 Å². The summed E-state index contributed by atoms with van der Waals surface area (Å²) in [5, 5.41) is 2.99. The first-order valence-corrected chi connectivity index (χ1v) is 8.15. The highest BCUT2D eigenvalue weighted by molar-refractivity contribution is 5.97. The number of nitrogens with one attached hydrogen (secondary N) is 1. The second kappa shape index (κ2) is 7.27. The van der Waals surface area contributed by atoms with E-state index < -0.39 is 5.82 Å². The Morgan fingerprint density at radius 2 is 2.09 bits per heavy atom. The van der Waals surface area contributed by atoms with E-state index in [1.54, 1.807) is 0 Å². The smallest absolute Gasteiger partial charge is 0.255 e. The van der Waals surface area contributed by atoms with Crippen molar-refractivity contribution >= 4 is 5.91 Å². The molecule has 0 unspecified atom stereocenters. The van der Waals surface area contributed by atoms with E-state index in [9.17, 15) is 9.18 Å². The second-order valence-corrected chi connectivity index (χ2v) is 6.13. The van der Waals surface area contributed by atoms with Crippen molar-refractivity contribution < 1.29 is 18.7 Å². The summed E-state index contributed by atoms with van der Waals surface area (Å²) >= 11 is 0. The van der Waals surface area contributed by atoms with Gasteiger partial charge in [0.15, 0.2) is 0 Å². The van der Waals surface area contributed by atoms with Gasteiger partial charge in [0.05, 0.1) is 38.0 Å². The summed E-state index contributed by atoms with van der Waals surface area (Å²) in [6.45, 7) is 3.21. The summed E-state index contributed by atoms with van der Waals surface area (Å²) in [5.41, 5.74) is 0.219. The second-order valence-electron chi connectivity index (χ2n) is 6.13. The van der Waals surface area contributed by atoms with Gasteiger partial charge in [0.1, 0.15) is 11.6 Å². The van der Waals surface area contributed by atoms with Gasteiger partial charge in [-0.2, -0.15) is 0 Å². The third-order valence-electron chi connectivity index (χ3n) is 4.63. The molecule has 0 spiro atoms. The molecule has 2 aliphatic rings. The highest BCUT2D eigenvalue weighted by Crippen LogP contribution is 2.22. The van der Waals surface area contributed by atoms with Gasteiger partial charge >= 0.3 is 0 Å². The van der Waals surface area contributed by atoms with Crippen LogP contribution < -0.4 is 10.1 Å². The number of halogens is 1. The maximum absolute atomic E-state index is 13.5. The summed E-state index contributed by atoms with van der Waals surface area (Å²) in [4.78, 5) is 14.9. The van der Waals surface area contributed by atoms with Crippen LogP contribution in [0.3, 0.4) is 0 Å². The Hall–Kier alpha value is -1.66. The lowest BCUT2D eigenvalue weighted by Crippen LogP contribution is -2.52. The van der Waals surface area contributed by atoms with Gasteiger partial charge in [0.25, 0.3) is 5.91 Å². The number of likely N-dealkylation sites (tertiary alicyclic amines) is 1. The number of carbonyl (C=O) groups is 1. The van der Waals surface area contributed by atoms with Gasteiger partial charge in [0.2, 0.25) is 0 Å². The van der Waals surface area contributed by atoms with Gasteiger partial charge in [-0.1, -0.05) is 6.42 Å². The van der Waals surface area contributed by atoms with Crippen molar-refractivity contribution in [1.82, 2.24) is 10.2 Å². The average molecular weight is 322 g/mol. The number of piperidine rings is 1. The van der Waals surface area contributed by atoms with E-state index in [0.717, 1.165) is 13.1 Å². The lowest BCUT2D eigenvalue weighted by Gasteiger charge is -2.34. The number of rotatable bonds is 4. The monoisotopic (exact) mass is 322 g/mol. The molecular formula is C17H23FN2O3. The number of amides is 1. The van der Waals surface area contributed by atoms with Crippen LogP contribution in [-0.4, -0.2) is 56.3 Å². The van der Waals surface area contributed by atoms with Crippen LogP contribution >= 0.6 is 0 Å². The number of hydrogen-bond donors (Lipinski definition) is 1. The van der Waals surface area contributed by atoms with Crippen molar-refractivity contribution in [2.45, 2.75) is 31.3 Å². The Morgan fingerprint density at radius 3 is 2.83 bits per heavy atom. The van der Waals surface area contributed by atoms with E-state index >= 15 is 0 Å². The number of nitrogens with zero attached hydrogens (tertiary/aromatic N) is 1. The third kappa shape index (κ3) is 3.64. The zero-order chi connectivity index (χ0) is 16.2. The summed E-state index contributed by atoms with van der Waals surface area (Å²) in [6, 6.07) is 4.08. The van der Waals surface area contributed by atoms with E-state index in [1.165, 1.54) is 44.6 Å². The molecule has 2 aliphatic heterocycles. The highest BCUT2D eigenvalue weighted by atomic mass is 19.1. The number of benzene rings is 1. The minimum atomic E-state index is -0.453. The topological polar surface area (TPSA) is 50.8 Å². The van der Waals surface area contributed by atoms with Gasteiger partial charge < -0.3 is 14.8 Å². The van der Waals surface area contributed by atoms with E-state index in [0.29, 0.717) is 19.0 Å². The fraction of sp³-hybridized carbons (Fsp3) is 0.588. The molecule has 6 heteroatoms. The molecule has 2 heterocycles. The number of carbonyl (C=O) groups excluding carboxylic acids is 1. The molecule has 0 radical (unpaired) electrons. The largest absolute Gasteiger partial charge is 0.496 e. The lowest BCUT2D eigenvalue weighted by atomic mass is 10.0. The molecule has 1 amide bonds. The van der Waals surface area contributed by atoms with Gasteiger partial charge in [-0.25, -0.2) is 4.39 Å². The lowest BCUT2D eigenvalue weighted by molar-refractivity contribution is 0.0896. The van der Waals surface area contributed by atoms with Crippen LogP contribution in [0.5, 0.6) is 5.75 Å². The molecule has 1 aromatic carbocycles. The first-order chi connectivity index (χ1) is 11.2. The van der Waals surface area contributed by atoms with E-state index in [4.69, 9.17) is 9.47 Å². The minimum absolute atomic E-state index is 0.0754. The van der Waals surface area contributed by atoms with Gasteiger partial charge in [-0.05, 0) is 44.1 Å². The van der Waals surface area contributed by atoms with Crippen molar-refractivity contribution in [2.24, 2.45) is 0 Å². The maximum atomic E-state index is 13.5. The molecular weight excluding hydrogens is 299 g/mol. The Labute approximate surface area is 135 Å². The Kier molecular flexibility index (Phi) is 5.13. The Balaban J connectivity index is 1.70. The van der Waals surface area contributed by atoms with Crippen LogP contribution in [-0.2, 0) is 4.74 Å². The zero-order valence-electron chi connectivity index (χ0n) is 13.4. The van der Waals surface area contributed by atoms with Gasteiger partial charge in [0, 0.05) is 0 Å². The molecule has 126 valence electrons. The summed E-state index contributed by atoms with van der Waals surface area (Å²) < 4.78 is 24.2. The van der Waals surface area contributed by atoms with Crippen LogP contribution in [0.15, 0.2) is 18.2 Å². The molecule has 0 bridgehead atoms. The maximum Gasteiger partial charge on any atom is 0.255 e. The SMILES string of the molecule is COc1ccc(F)cc1C(=O)N[C@H]1COC[C@@H]1N1CCCCC1. The fourth-order valence-corrected chi connectivity index (χ4v) is 3.39. The first kappa shape index (κ1) is 16.2. The molecule has 2 saturated heterocycles. The third-order valence-corrected chi connectivity index (χ3v) is 4.63. The summed E-state index contributed by atoms with van der Waals surface area (Å²) in [5.74, 6) is -0.401. The van der Waals surface area contributed by atoms with Crippen molar-refractivity contribution in [3.05, 3.63) is 29.6 Å². The van der Waals surface area contributed by atoms with E-state index in [2.05, 4.69) is 10.2 Å². The quantitative estimate of drug-likeness (QED) is 0.919. The Morgan fingerprint density at radius 1 is 1.30 bits per heavy atom. The predicted molar refractivity (Wildman–Crippen MR) is 84.2 cm³/mol. The van der Waals surface area contributed by atoms with E-state index in [1.807, 2.05) is 0 Å². The van der Waals surface area contributed by atoms with Crippen molar-refractivity contribution in [3.63, 3.8) is 0 Å². The molecule has 1 N–H and O–H groups in total. The van der Waals surface area contributed by atoms with Crippen LogP contribution in [0.4, 0.5) is 4.39 Å². The summed E-state index contributed by atoms with van der Waals surface area (Å²) in [7, 11) is 1.47. The highest BCUT2D eigenvalue weighted by Gasteiger charge is 2.35. The predicted octanol–water partition coefficient (Wildman–Crippen LogP) is 1.82. The molecule has 0 aromatic heterocycles. The zero-order valence-corrected chi connectivity index (χ0v) is 13.4. The number of hydrogen-bond acceptors (Lipinski definition) is 4. The molecule has 0 aliphatic carbocycles. The van der Waals surface area contributed by atoms with Gasteiger partial charge in [-0.15, -0.1) is 0 Å². The van der Waals surface area contributed by atoms with Crippen molar-refractivity contribution in [2.75, 3.05) is 33.4 Å². The van der Waals surface area contributed by atoms with Crippen molar-refractivity contribution in [3.8, 4) is 5.75 Å². The molecule has 3 rings (SSSR count). The Bertz CT molecular complexity index is 561. The standard InChI is InChI=1S/C17H23FN2O3/c1-22-16-6-5-12(18)9-13(16)17(21)19-14-10-23-11-15(14)20-7-3-2-4-8-20/h5-6,9,14-15H,2-4,7-8,10-11H2,1H3,(H,19,21)/t14-,15-/m0/s1. The number of methoxy groups -OCH3 is 1. The normalized spacial score (nSPS) is 25.3. The molecule has 5 nitrogen and oxygen atoms in total. The summed E-state index contributed by atoms with van der Waals surface area (Å²) in [6.07, 6.45) is 3.64. The average Bonchev–Trinajstić information content (AvgIpc) is 3.03. The number of ether oxygens (including phenoxy) is 2. The van der Waals surface area contributed by atoms with Gasteiger partial charge in [-0.3, -0.25) is 9.69 Å². The van der Waals surface area contributed by atoms with Crippen LogP contribution in [0.2, 0.25) is 0 Å². The molecule has 1 aromatic rings. The van der Waals surface area contributed by atoms with Crippen LogP contribution in [0.1, 0.15) is 29.6 Å². The first-order valence-electron chi connectivity index (χ1n) is 8.15. The van der Waals surface area contributed by atoms with Crippen molar-refractivity contribution in [1.29, 1.82) is 0 Å².